The molecule has 0 fully saturated rings. The maximum absolute atomic E-state index is 5.32. The van der Waals surface area contributed by atoms with Crippen molar-refractivity contribution in [1.82, 2.24) is 9.55 Å². The zero-order valence-electron chi connectivity index (χ0n) is 25.5. The van der Waals surface area contributed by atoms with Crippen LogP contribution < -0.4 is 0 Å². The molecule has 0 saturated heterocycles. The van der Waals surface area contributed by atoms with Gasteiger partial charge < -0.3 is 4.57 Å². The maximum atomic E-state index is 5.32. The number of hydrogen-bond acceptors (Lipinski definition) is 2. The number of aromatic nitrogens is 2. The zero-order valence-corrected chi connectivity index (χ0v) is 28.7. The minimum absolute atomic E-state index is 0. The predicted molar refractivity (Wildman–Crippen MR) is 184 cm³/mol. The number of rotatable bonds is 7. The molecule has 0 N–H and O–H groups in total. The van der Waals surface area contributed by atoms with E-state index in [2.05, 4.69) is 153 Å². The summed E-state index contributed by atoms with van der Waals surface area (Å²) in [6, 6.07) is 41.6. The SMILES string of the molecule is CC(C)c1cc(-c2ccccc2)cc(C(C)C)c1-n1c(-c2[c-]sc3ccc(Cc4ccccc4)cc23)nc2ccccc21.[Ir]. The molecule has 7 aromatic rings. The first-order valence-corrected chi connectivity index (χ1v) is 16.0. The Bertz CT molecular complexity index is 2020. The number of fused-ring (bicyclic) bond motifs is 2. The molecule has 5 aromatic carbocycles. The van der Waals surface area contributed by atoms with Crippen LogP contribution in [0.4, 0.5) is 0 Å². The van der Waals surface area contributed by atoms with Crippen molar-refractivity contribution in [2.45, 2.75) is 46.0 Å². The molecule has 0 aliphatic rings. The van der Waals surface area contributed by atoms with Gasteiger partial charge in [-0.3, -0.25) is 16.3 Å². The Balaban J connectivity index is 0.00000343. The van der Waals surface area contributed by atoms with Crippen LogP contribution in [-0.2, 0) is 26.5 Å². The van der Waals surface area contributed by atoms with Crippen LogP contribution in [0.5, 0.6) is 0 Å². The number of thiophene rings is 1. The van der Waals surface area contributed by atoms with E-state index >= 15 is 0 Å². The van der Waals surface area contributed by atoms with Crippen molar-refractivity contribution in [2.24, 2.45) is 0 Å². The third-order valence-corrected chi connectivity index (χ3v) is 9.24. The summed E-state index contributed by atoms with van der Waals surface area (Å²) in [5, 5.41) is 4.90. The smallest absolute Gasteiger partial charge is 0.0774 e. The second kappa shape index (κ2) is 12.7. The zero-order chi connectivity index (χ0) is 29.5. The Labute approximate surface area is 277 Å². The molecule has 0 bridgehead atoms. The summed E-state index contributed by atoms with van der Waals surface area (Å²) in [6.45, 7) is 9.22. The molecule has 0 saturated carbocycles. The minimum Gasteiger partial charge on any atom is -0.333 e. The summed E-state index contributed by atoms with van der Waals surface area (Å²) >= 11 is 1.68. The second-order valence-corrected chi connectivity index (χ2v) is 12.9. The summed E-state index contributed by atoms with van der Waals surface area (Å²) in [6.07, 6.45) is 0.901. The molecule has 7 rings (SSSR count). The van der Waals surface area contributed by atoms with Crippen molar-refractivity contribution in [3.05, 3.63) is 143 Å². The van der Waals surface area contributed by atoms with Crippen LogP contribution in [0.3, 0.4) is 0 Å². The van der Waals surface area contributed by atoms with E-state index in [0.29, 0.717) is 11.8 Å². The van der Waals surface area contributed by atoms with E-state index in [4.69, 9.17) is 4.98 Å². The topological polar surface area (TPSA) is 17.8 Å². The first kappa shape index (κ1) is 30.2. The van der Waals surface area contributed by atoms with Crippen molar-refractivity contribution in [3.63, 3.8) is 0 Å². The molecule has 4 heteroatoms. The van der Waals surface area contributed by atoms with Gasteiger partial charge in [-0.05, 0) is 70.3 Å². The van der Waals surface area contributed by atoms with Crippen LogP contribution in [0.25, 0.3) is 49.3 Å². The molecule has 0 aliphatic heterocycles. The molecular weight excluding hydrogens is 733 g/mol. The van der Waals surface area contributed by atoms with Gasteiger partial charge in [-0.15, -0.1) is 11.5 Å². The van der Waals surface area contributed by atoms with Crippen molar-refractivity contribution in [1.29, 1.82) is 0 Å². The molecule has 0 amide bonds. The fourth-order valence-electron chi connectivity index (χ4n) is 6.17. The molecule has 1 radical (unpaired) electrons. The van der Waals surface area contributed by atoms with Gasteiger partial charge in [0.1, 0.15) is 0 Å². The van der Waals surface area contributed by atoms with Crippen LogP contribution in [0.1, 0.15) is 61.8 Å². The van der Waals surface area contributed by atoms with Gasteiger partial charge in [0.2, 0.25) is 0 Å². The van der Waals surface area contributed by atoms with E-state index in [1.54, 1.807) is 11.3 Å². The quantitative estimate of drug-likeness (QED) is 0.148. The van der Waals surface area contributed by atoms with Crippen LogP contribution in [0.2, 0.25) is 0 Å². The van der Waals surface area contributed by atoms with Gasteiger partial charge in [-0.1, -0.05) is 134 Å². The maximum Gasteiger partial charge on any atom is 0.0774 e. The number of para-hydroxylation sites is 2. The van der Waals surface area contributed by atoms with Crippen LogP contribution in [-0.4, -0.2) is 9.55 Å². The fourth-order valence-corrected chi connectivity index (χ4v) is 6.99. The molecule has 44 heavy (non-hydrogen) atoms. The van der Waals surface area contributed by atoms with Gasteiger partial charge in [0.25, 0.3) is 0 Å². The van der Waals surface area contributed by atoms with Gasteiger partial charge in [-0.25, -0.2) is 0 Å². The second-order valence-electron chi connectivity index (χ2n) is 12.0. The largest absolute Gasteiger partial charge is 0.333 e. The number of imidazole rings is 1. The number of nitrogens with zero attached hydrogens (tertiary/aromatic N) is 2. The fraction of sp³-hybridized carbons (Fsp3) is 0.175. The first-order chi connectivity index (χ1) is 21.0. The number of benzene rings is 5. The number of hydrogen-bond donors (Lipinski definition) is 0. The van der Waals surface area contributed by atoms with E-state index in [-0.39, 0.29) is 20.1 Å². The molecule has 0 unspecified atom stereocenters. The van der Waals surface area contributed by atoms with E-state index in [0.717, 1.165) is 28.8 Å². The van der Waals surface area contributed by atoms with Gasteiger partial charge >= 0.3 is 0 Å². The Morgan fingerprint density at radius 3 is 2.00 bits per heavy atom. The standard InChI is InChI=1S/C40H35N2S.Ir/c1-26(2)32-23-31(30-15-9-6-10-16-30)24-33(27(3)4)39(32)42-37-18-12-11-17-36(37)41-40(42)35-25-43-38-20-19-29(22-34(35)38)21-28-13-7-5-8-14-28;/h5-20,22-24,26-27H,21H2,1-4H3;/q-1;. The van der Waals surface area contributed by atoms with Crippen molar-refractivity contribution < 1.29 is 20.1 Å². The summed E-state index contributed by atoms with van der Waals surface area (Å²) in [7, 11) is 0. The molecule has 221 valence electrons. The average Bonchev–Trinajstić information content (AvgIpc) is 3.62. The van der Waals surface area contributed by atoms with Gasteiger partial charge in [-0.2, -0.15) is 0 Å². The molecule has 0 atom stereocenters. The van der Waals surface area contributed by atoms with Crippen molar-refractivity contribution in [2.75, 3.05) is 0 Å². The summed E-state index contributed by atoms with van der Waals surface area (Å²) in [5.74, 6) is 1.61. The van der Waals surface area contributed by atoms with E-state index in [9.17, 15) is 0 Å². The van der Waals surface area contributed by atoms with Gasteiger partial charge in [0, 0.05) is 25.8 Å². The Kier molecular flexibility index (Phi) is 8.69. The van der Waals surface area contributed by atoms with E-state index < -0.39 is 0 Å². The normalized spacial score (nSPS) is 11.5. The monoisotopic (exact) mass is 768 g/mol. The molecule has 2 aromatic heterocycles. The van der Waals surface area contributed by atoms with E-state index in [1.807, 2.05) is 0 Å². The minimum atomic E-state index is 0. The van der Waals surface area contributed by atoms with Gasteiger partial charge in [0.05, 0.1) is 16.9 Å². The summed E-state index contributed by atoms with van der Waals surface area (Å²) < 4.78 is 3.66. The molecule has 0 aliphatic carbocycles. The van der Waals surface area contributed by atoms with Crippen molar-refractivity contribution in [3.8, 4) is 28.2 Å². The Morgan fingerprint density at radius 2 is 1.32 bits per heavy atom. The predicted octanol–water partition coefficient (Wildman–Crippen LogP) is 11.2. The molecule has 2 nitrogen and oxygen atoms in total. The first-order valence-electron chi connectivity index (χ1n) is 15.2. The van der Waals surface area contributed by atoms with Crippen LogP contribution >= 0.6 is 11.3 Å². The van der Waals surface area contributed by atoms with Crippen LogP contribution in [0, 0.1) is 5.38 Å². The Hall–Kier alpha value is -3.82. The van der Waals surface area contributed by atoms with Crippen molar-refractivity contribution >= 4 is 32.5 Å². The van der Waals surface area contributed by atoms with E-state index in [1.165, 1.54) is 49.2 Å². The average molecular weight is 768 g/mol. The third-order valence-electron chi connectivity index (χ3n) is 8.36. The molecule has 0 spiro atoms. The summed E-state index contributed by atoms with van der Waals surface area (Å²) in [4.78, 5) is 5.32. The Morgan fingerprint density at radius 1 is 0.682 bits per heavy atom. The third kappa shape index (κ3) is 5.59. The summed E-state index contributed by atoms with van der Waals surface area (Å²) in [5.41, 5.74) is 12.2. The molecule has 2 heterocycles. The molecular formula is C40H35IrN2S-. The van der Waals surface area contributed by atoms with Crippen LogP contribution in [0.15, 0.2) is 115 Å². The van der Waals surface area contributed by atoms with Gasteiger partial charge in [0.15, 0.2) is 0 Å².